The first-order valence-electron chi connectivity index (χ1n) is 45.7. The van der Waals surface area contributed by atoms with E-state index in [1.54, 1.807) is 0 Å². The van der Waals surface area contributed by atoms with Crippen LogP contribution in [0.15, 0.2) is 0 Å². The maximum absolute atomic E-state index is 12.3. The molecule has 39 N–H and O–H groups in total. The molecule has 0 saturated carbocycles. The molecule has 27 fully saturated rings. The van der Waals surface area contributed by atoms with Crippen LogP contribution in [0.4, 0.5) is 0 Å². The van der Waals surface area contributed by atoms with Crippen molar-refractivity contribution in [3.63, 3.8) is 0 Å². The molecular formula is C78H130O65. The fourth-order valence-electron chi connectivity index (χ4n) is 19.1. The molecule has 14 bridgehead atoms. The van der Waals surface area contributed by atoms with Gasteiger partial charge in [0, 0.05) is 0 Å². The summed E-state index contributed by atoms with van der Waals surface area (Å²) < 4.78 is 151. The first-order valence-corrected chi connectivity index (χ1v) is 45.7. The molecule has 27 aliphatic rings. The molecule has 832 valence electrons. The lowest BCUT2D eigenvalue weighted by Crippen LogP contribution is -2.68. The molecule has 0 spiro atoms. The molecule has 27 aliphatic heterocycles. The quantitative estimate of drug-likeness (QED) is 0.0404. The molecule has 0 aromatic rings. The first kappa shape index (κ1) is 116. The van der Waals surface area contributed by atoms with E-state index in [4.69, 9.17) is 123 Å². The van der Waals surface area contributed by atoms with E-state index >= 15 is 0 Å². The highest BCUT2D eigenvalue weighted by Crippen LogP contribution is 2.44. The molecule has 0 amide bonds. The molecule has 0 unspecified atom stereocenters. The van der Waals surface area contributed by atoms with Crippen molar-refractivity contribution < 1.29 is 322 Å². The number of hydrogen-bond acceptors (Lipinski definition) is 65. The van der Waals surface area contributed by atoms with Gasteiger partial charge < -0.3 is 322 Å². The zero-order valence-electron chi connectivity index (χ0n) is 74.8. The summed E-state index contributed by atoms with van der Waals surface area (Å²) in [6.07, 6.45) is -142. The Bertz CT molecular complexity index is 3800. The van der Waals surface area contributed by atoms with Gasteiger partial charge in [-0.15, -0.1) is 0 Å². The van der Waals surface area contributed by atoms with E-state index in [2.05, 4.69) is 0 Å². The van der Waals surface area contributed by atoms with Gasteiger partial charge >= 0.3 is 0 Å². The maximum Gasteiger partial charge on any atom is 0.187 e. The Balaban J connectivity index is 0.697. The van der Waals surface area contributed by atoms with Crippen molar-refractivity contribution in [1.82, 2.24) is 0 Å². The third-order valence-electron chi connectivity index (χ3n) is 27.4. The van der Waals surface area contributed by atoms with Crippen molar-refractivity contribution in [2.45, 2.75) is 399 Å². The van der Waals surface area contributed by atoms with Gasteiger partial charge in [0.25, 0.3) is 0 Å². The Morgan fingerprint density at radius 3 is 0.503 bits per heavy atom. The normalized spacial score (nSPS) is 54.9. The fraction of sp³-hybridized carbons (Fsp3) is 1.00. The van der Waals surface area contributed by atoms with E-state index in [1.165, 1.54) is 0 Å². The summed E-state index contributed by atoms with van der Waals surface area (Å²) in [5.41, 5.74) is 0. The maximum atomic E-state index is 12.3. The van der Waals surface area contributed by atoms with Crippen LogP contribution in [0.3, 0.4) is 0 Å². The summed E-state index contributed by atoms with van der Waals surface area (Å²) in [5, 5.41) is 438. The van der Waals surface area contributed by atoms with Crippen LogP contribution in [0.5, 0.6) is 0 Å². The minimum atomic E-state index is -2.57. The van der Waals surface area contributed by atoms with Crippen LogP contribution in [-0.4, -0.2) is 684 Å². The molecule has 0 aromatic heterocycles. The van der Waals surface area contributed by atoms with Crippen LogP contribution in [0.25, 0.3) is 0 Å². The molecule has 0 aliphatic carbocycles. The zero-order valence-corrected chi connectivity index (χ0v) is 74.8. The molecule has 27 heterocycles. The second-order valence-electron chi connectivity index (χ2n) is 36.6. The van der Waals surface area contributed by atoms with Crippen LogP contribution in [0, 0.1) is 0 Å². The third kappa shape index (κ3) is 23.7. The van der Waals surface area contributed by atoms with Gasteiger partial charge in [0.05, 0.1) is 85.9 Å². The number of aliphatic hydroxyl groups excluding tert-OH is 39. The molecule has 0 radical (unpaired) electrons. The summed E-state index contributed by atoms with van der Waals surface area (Å²) >= 11 is 0. The van der Waals surface area contributed by atoms with Crippen LogP contribution >= 0.6 is 0 Å². The van der Waals surface area contributed by atoms with Crippen molar-refractivity contribution in [2.75, 3.05) is 85.9 Å². The van der Waals surface area contributed by atoms with E-state index in [0.29, 0.717) is 0 Å². The molecular weight excluding hydrogens is 1980 g/mol. The van der Waals surface area contributed by atoms with E-state index in [0.717, 1.165) is 0 Å². The molecule has 65 heteroatoms. The van der Waals surface area contributed by atoms with Crippen LogP contribution in [0.1, 0.15) is 0 Å². The van der Waals surface area contributed by atoms with Gasteiger partial charge in [0.1, 0.15) is 317 Å². The average molecular weight is 2110 g/mol. The Hall–Kier alpha value is -2.60. The lowest BCUT2D eigenvalue weighted by molar-refractivity contribution is -0.400. The summed E-state index contributed by atoms with van der Waals surface area (Å²) in [7, 11) is 0. The predicted octanol–water partition coefficient (Wildman–Crippen LogP) is -28.3. The first-order chi connectivity index (χ1) is 68.0. The van der Waals surface area contributed by atoms with Gasteiger partial charge in [-0.1, -0.05) is 0 Å². The van der Waals surface area contributed by atoms with E-state index < -0.39 is 485 Å². The smallest absolute Gasteiger partial charge is 0.187 e. The van der Waals surface area contributed by atoms with Crippen molar-refractivity contribution in [2.24, 2.45) is 0 Å². The highest BCUT2D eigenvalue weighted by Gasteiger charge is 2.64. The van der Waals surface area contributed by atoms with Crippen molar-refractivity contribution >= 4 is 0 Å². The van der Waals surface area contributed by atoms with Crippen molar-refractivity contribution in [1.29, 1.82) is 0 Å². The number of ether oxygens (including phenoxy) is 26. The second kappa shape index (κ2) is 49.9. The van der Waals surface area contributed by atoms with Gasteiger partial charge in [-0.2, -0.15) is 0 Å². The molecule has 27 saturated heterocycles. The highest BCUT2D eigenvalue weighted by atomic mass is 16.8. The fourth-order valence-corrected chi connectivity index (χ4v) is 19.1. The van der Waals surface area contributed by atoms with E-state index in [1.807, 2.05) is 0 Å². The number of aliphatic hydroxyl groups is 39. The van der Waals surface area contributed by atoms with Gasteiger partial charge in [-0.05, 0) is 0 Å². The molecule has 65 nitrogen and oxygen atoms in total. The summed E-state index contributed by atoms with van der Waals surface area (Å²) in [6, 6.07) is 0. The zero-order chi connectivity index (χ0) is 104. The van der Waals surface area contributed by atoms with Crippen LogP contribution in [-0.2, 0) is 123 Å². The SMILES string of the molecule is OC[C@H]1O[C@H](O[C@H]2[C@H](O)[C@@H](O)[C@@H](O[C@H]3[C@H](O)[C@@H](O)[C@@H](OC[C@H]4O[C@H](O[C@H]5[C@H](O)[C@@H](O)[C@@H](OC[C@H]6O[C@@H]7O[C@H]8[C@H](O)[C@@H](O)[C@@H](O[C@H]9[C@H](O)[C@@H](O)[C@@H](O[C@H]%10[C@H](O)[C@@H](O)[C@@H](O[C@H]%11[C@H](O)[C@@H](O)[C@@H](O[C@H]%12[C@H](O)[C@@H](O)[C@@H](O[C@H]%13[C@H](O)[C@@H](O)[C@@H](O[C@H]6[C@H](O)[C@H]7O)O[C@@H]%13CO)O[C@@H]%12CO)O[C@@H]%11CO)O[C@@H]%10CO)O[C@@H]9CO)O[C@@H]8CO)O[C@@H]5CO)[C@H](O)[C@@H](O)[C@@H]4O[C@H]4O[C@H](CO)[C@@H](O)[C@H](O)[C@H]4O)O[C@@H]3CO)O[C@@H]2CO)[C@H](O)[C@@H](O)[C@@H]1O. The van der Waals surface area contributed by atoms with Crippen molar-refractivity contribution in [3.05, 3.63) is 0 Å². The minimum absolute atomic E-state index is 0.917. The van der Waals surface area contributed by atoms with Gasteiger partial charge in [0.15, 0.2) is 81.8 Å². The van der Waals surface area contributed by atoms with Gasteiger partial charge in [-0.3, -0.25) is 0 Å². The Kier molecular flexibility index (Phi) is 40.4. The molecule has 143 heavy (non-hydrogen) atoms. The summed E-state index contributed by atoms with van der Waals surface area (Å²) in [4.78, 5) is 0. The number of hydrogen-bond donors (Lipinski definition) is 39. The predicted molar refractivity (Wildman–Crippen MR) is 424 cm³/mol. The topological polar surface area (TPSA) is 1030 Å². The summed E-state index contributed by atoms with van der Waals surface area (Å²) in [5.74, 6) is 0. The van der Waals surface area contributed by atoms with Crippen LogP contribution < -0.4 is 0 Å². The molecule has 27 rings (SSSR count). The average Bonchev–Trinajstić information content (AvgIpc) is 1.76. The van der Waals surface area contributed by atoms with Gasteiger partial charge in [0.2, 0.25) is 0 Å². The second-order valence-corrected chi connectivity index (χ2v) is 36.6. The monoisotopic (exact) mass is 2110 g/mol. The lowest BCUT2D eigenvalue weighted by Gasteiger charge is -2.50. The highest BCUT2D eigenvalue weighted by molar-refractivity contribution is 5.06. The van der Waals surface area contributed by atoms with Gasteiger partial charge in [-0.25, -0.2) is 0 Å². The Morgan fingerprint density at radius 1 is 0.126 bits per heavy atom. The van der Waals surface area contributed by atoms with Crippen molar-refractivity contribution in [3.8, 4) is 0 Å². The summed E-state index contributed by atoms with van der Waals surface area (Å²) in [6.45, 7) is -15.2. The van der Waals surface area contributed by atoms with E-state index in [-0.39, 0.29) is 0 Å². The van der Waals surface area contributed by atoms with E-state index in [9.17, 15) is 199 Å². The Morgan fingerprint density at radius 2 is 0.287 bits per heavy atom. The number of rotatable bonds is 25. The minimum Gasteiger partial charge on any atom is -0.394 e. The molecule has 0 aromatic carbocycles. The molecule has 65 atom stereocenters. The standard InChI is InChI=1S/C78H130O65/c79-1-14-27(90)29(92)42(105)68(120-14)133-57-18(5-83)124-70(46(109)33(57)96)134-55-16(3-81)122-66(44(107)31(55)94)118-12-25-64(142-69-43(106)30(93)28(91)15(2-80)121-69)40(103)53(116)77(131-25)140-56-17(4-82)123-67(45(108)32(56)95)119-13-26-65-41(104)54(117)78(132-26)141-63-24(11-89)129-75(51(114)38(63)101)138-61-22(9-87)127-73(49(112)36(61)99)136-59-20(7-85)125-71(47(110)34(59)97)135-58-19(6-84)126-72(48(111)35(58)98)137-60-21(8-86)128-74(50(113)37(60)100)139-62-23(10-88)130-76(143-65)52(115)39(62)102/h14-117H,1-13H2/t14-,15-,16-,17-,18-,19-,20-,21-,22-,23-,24-,25-,26-,27-,28-,29+,30+,31-,32-,33-,34-,35-,36-,37-,38-,39-,40-,41-,42-,43-,44-,45-,46-,47-,48-,49-,50-,51-,52-,53-,54-,55-,56-,57-,58-,59-,60-,61-,62-,63-,64-,65-,66+,67+,68-,69-,70-,71-,72-,73-,74-,75-,76-,77-,78-/m1/s1. The third-order valence-corrected chi connectivity index (χ3v) is 27.4. The Labute approximate surface area is 805 Å². The van der Waals surface area contributed by atoms with Crippen LogP contribution in [0.2, 0.25) is 0 Å². The lowest BCUT2D eigenvalue weighted by atomic mass is 9.95. The largest absolute Gasteiger partial charge is 0.394 e.